The molecule has 5 heteroatoms. The van der Waals surface area contributed by atoms with Crippen molar-refractivity contribution in [2.24, 2.45) is 5.73 Å². The molecule has 0 aromatic heterocycles. The average Bonchev–Trinajstić information content (AvgIpc) is 2.43. The van der Waals surface area contributed by atoms with E-state index in [9.17, 15) is 9.90 Å². The Hall–Kier alpha value is -0.810. The van der Waals surface area contributed by atoms with E-state index in [4.69, 9.17) is 10.5 Å². The predicted molar refractivity (Wildman–Crippen MR) is 56.4 cm³/mol. The molecule has 0 aliphatic carbocycles. The summed E-state index contributed by atoms with van der Waals surface area (Å²) >= 11 is 0. The van der Waals surface area contributed by atoms with Gasteiger partial charge in [0.1, 0.15) is 5.60 Å². The van der Waals surface area contributed by atoms with Gasteiger partial charge in [-0.1, -0.05) is 0 Å². The SMILES string of the molecule is CC(C)(C)OC(=O)N1C[C@H](O)C[C@@H]1CN. The number of carbonyl (C=O) groups is 1. The van der Waals surface area contributed by atoms with Crippen LogP contribution in [0.1, 0.15) is 27.2 Å². The quantitative estimate of drug-likeness (QED) is 0.661. The minimum atomic E-state index is -0.510. The first-order valence-corrected chi connectivity index (χ1v) is 5.21. The Balaban J connectivity index is 2.59. The molecule has 0 spiro atoms. The lowest BCUT2D eigenvalue weighted by Crippen LogP contribution is -2.43. The minimum Gasteiger partial charge on any atom is -0.444 e. The molecule has 1 amide bonds. The topological polar surface area (TPSA) is 75.8 Å². The zero-order valence-electron chi connectivity index (χ0n) is 9.56. The van der Waals surface area contributed by atoms with E-state index in [-0.39, 0.29) is 6.04 Å². The number of hydrogen-bond donors (Lipinski definition) is 2. The summed E-state index contributed by atoms with van der Waals surface area (Å²) in [5.74, 6) is 0. The number of rotatable bonds is 1. The van der Waals surface area contributed by atoms with Gasteiger partial charge in [-0.25, -0.2) is 4.79 Å². The monoisotopic (exact) mass is 216 g/mol. The van der Waals surface area contributed by atoms with Crippen molar-refractivity contribution in [1.82, 2.24) is 4.90 Å². The van der Waals surface area contributed by atoms with Crippen molar-refractivity contribution in [3.8, 4) is 0 Å². The van der Waals surface area contributed by atoms with Crippen molar-refractivity contribution in [2.75, 3.05) is 13.1 Å². The number of nitrogens with zero attached hydrogens (tertiary/aromatic N) is 1. The zero-order valence-corrected chi connectivity index (χ0v) is 9.56. The summed E-state index contributed by atoms with van der Waals surface area (Å²) in [6.07, 6.45) is -0.337. The molecule has 0 aromatic carbocycles. The number of carbonyl (C=O) groups excluding carboxylic acids is 1. The minimum absolute atomic E-state index is 0.102. The molecule has 0 aromatic rings. The molecular weight excluding hydrogens is 196 g/mol. The van der Waals surface area contributed by atoms with Crippen molar-refractivity contribution >= 4 is 6.09 Å². The molecule has 0 bridgehead atoms. The molecule has 0 saturated carbocycles. The van der Waals surface area contributed by atoms with E-state index in [0.717, 1.165) is 0 Å². The van der Waals surface area contributed by atoms with Crippen LogP contribution in [0.5, 0.6) is 0 Å². The highest BCUT2D eigenvalue weighted by Crippen LogP contribution is 2.20. The third-order valence-electron chi connectivity index (χ3n) is 2.29. The number of ether oxygens (including phenoxy) is 1. The molecule has 0 unspecified atom stereocenters. The van der Waals surface area contributed by atoms with Gasteiger partial charge in [0.05, 0.1) is 12.6 Å². The second-order valence-corrected chi connectivity index (χ2v) is 4.91. The van der Waals surface area contributed by atoms with Crippen LogP contribution in [0.4, 0.5) is 4.79 Å². The highest BCUT2D eigenvalue weighted by molar-refractivity contribution is 5.69. The van der Waals surface area contributed by atoms with E-state index in [1.165, 1.54) is 4.90 Å². The number of hydrogen-bond acceptors (Lipinski definition) is 4. The van der Waals surface area contributed by atoms with Crippen LogP contribution in [0.25, 0.3) is 0 Å². The van der Waals surface area contributed by atoms with Crippen molar-refractivity contribution < 1.29 is 14.6 Å². The van der Waals surface area contributed by atoms with Crippen LogP contribution in [-0.2, 0) is 4.74 Å². The number of β-amino-alcohol motifs (C(OH)–C–C–N with tert-alkyl or cyclic N) is 1. The summed E-state index contributed by atoms with van der Waals surface area (Å²) < 4.78 is 5.22. The first-order chi connectivity index (χ1) is 6.83. The second kappa shape index (κ2) is 4.37. The molecule has 3 N–H and O–H groups in total. The molecule has 1 fully saturated rings. The number of aliphatic hydroxyl groups is 1. The Kier molecular flexibility index (Phi) is 3.57. The van der Waals surface area contributed by atoms with Gasteiger partial charge in [0, 0.05) is 12.6 Å². The van der Waals surface area contributed by atoms with Crippen LogP contribution >= 0.6 is 0 Å². The maximum atomic E-state index is 11.7. The summed E-state index contributed by atoms with van der Waals surface area (Å²) in [6, 6.07) is -0.102. The molecule has 1 aliphatic heterocycles. The van der Waals surface area contributed by atoms with Crippen molar-refractivity contribution in [3.63, 3.8) is 0 Å². The lowest BCUT2D eigenvalue weighted by molar-refractivity contribution is 0.0213. The third-order valence-corrected chi connectivity index (χ3v) is 2.29. The molecular formula is C10H20N2O3. The van der Waals surface area contributed by atoms with Gasteiger partial charge in [0.2, 0.25) is 0 Å². The standard InChI is InChI=1S/C10H20N2O3/c1-10(2,3)15-9(14)12-6-8(13)4-7(12)5-11/h7-8,13H,4-6,11H2,1-3H3/t7-,8-/m1/s1. The van der Waals surface area contributed by atoms with E-state index in [2.05, 4.69) is 0 Å². The Morgan fingerprint density at radius 1 is 1.60 bits per heavy atom. The summed E-state index contributed by atoms with van der Waals surface area (Å²) in [4.78, 5) is 13.2. The molecule has 15 heavy (non-hydrogen) atoms. The fraction of sp³-hybridized carbons (Fsp3) is 0.900. The molecule has 1 rings (SSSR count). The van der Waals surface area contributed by atoms with E-state index in [1.807, 2.05) is 20.8 Å². The molecule has 2 atom stereocenters. The van der Waals surface area contributed by atoms with Crippen molar-refractivity contribution in [1.29, 1.82) is 0 Å². The molecule has 5 nitrogen and oxygen atoms in total. The van der Waals surface area contributed by atoms with Gasteiger partial charge in [0.15, 0.2) is 0 Å². The molecule has 0 radical (unpaired) electrons. The first-order valence-electron chi connectivity index (χ1n) is 5.21. The van der Waals surface area contributed by atoms with Crippen LogP contribution in [0.15, 0.2) is 0 Å². The maximum Gasteiger partial charge on any atom is 0.410 e. The average molecular weight is 216 g/mol. The first kappa shape index (κ1) is 12.3. The second-order valence-electron chi connectivity index (χ2n) is 4.91. The summed E-state index contributed by atoms with van der Waals surface area (Å²) in [5, 5.41) is 9.44. The normalized spacial score (nSPS) is 26.9. The number of nitrogens with two attached hydrogens (primary N) is 1. The van der Waals surface area contributed by atoms with Gasteiger partial charge in [-0.05, 0) is 27.2 Å². The van der Waals surface area contributed by atoms with Gasteiger partial charge >= 0.3 is 6.09 Å². The van der Waals surface area contributed by atoms with Crippen LogP contribution in [0, 0.1) is 0 Å². The van der Waals surface area contributed by atoms with Crippen LogP contribution in [0.2, 0.25) is 0 Å². The largest absolute Gasteiger partial charge is 0.444 e. The van der Waals surface area contributed by atoms with E-state index < -0.39 is 17.8 Å². The Morgan fingerprint density at radius 3 is 2.67 bits per heavy atom. The maximum absolute atomic E-state index is 11.7. The van der Waals surface area contributed by atoms with Gasteiger partial charge in [-0.2, -0.15) is 0 Å². The smallest absolute Gasteiger partial charge is 0.410 e. The van der Waals surface area contributed by atoms with Crippen molar-refractivity contribution in [3.05, 3.63) is 0 Å². The summed E-state index contributed by atoms with van der Waals surface area (Å²) in [6.45, 7) is 6.12. The lowest BCUT2D eigenvalue weighted by atomic mass is 10.2. The summed E-state index contributed by atoms with van der Waals surface area (Å²) in [7, 11) is 0. The highest BCUT2D eigenvalue weighted by Gasteiger charge is 2.35. The van der Waals surface area contributed by atoms with Crippen LogP contribution in [-0.4, -0.2) is 46.9 Å². The lowest BCUT2D eigenvalue weighted by Gasteiger charge is -2.27. The van der Waals surface area contributed by atoms with Crippen molar-refractivity contribution in [2.45, 2.75) is 44.9 Å². The van der Waals surface area contributed by atoms with Crippen LogP contribution in [0.3, 0.4) is 0 Å². The van der Waals surface area contributed by atoms with Gasteiger partial charge in [-0.15, -0.1) is 0 Å². The zero-order chi connectivity index (χ0) is 11.6. The fourth-order valence-corrected chi connectivity index (χ4v) is 1.66. The Morgan fingerprint density at radius 2 is 2.20 bits per heavy atom. The van der Waals surface area contributed by atoms with E-state index >= 15 is 0 Å². The molecule has 1 saturated heterocycles. The van der Waals surface area contributed by atoms with Gasteiger partial charge in [0.25, 0.3) is 0 Å². The van der Waals surface area contributed by atoms with Gasteiger partial charge in [-0.3, -0.25) is 0 Å². The number of aliphatic hydroxyl groups excluding tert-OH is 1. The van der Waals surface area contributed by atoms with E-state index in [1.54, 1.807) is 0 Å². The Bertz CT molecular complexity index is 237. The molecule has 88 valence electrons. The predicted octanol–water partition coefficient (Wildman–Crippen LogP) is 0.315. The molecule has 1 aliphatic rings. The van der Waals surface area contributed by atoms with E-state index in [0.29, 0.717) is 19.5 Å². The van der Waals surface area contributed by atoms with Crippen LogP contribution < -0.4 is 5.73 Å². The fourth-order valence-electron chi connectivity index (χ4n) is 1.66. The molecule has 1 heterocycles. The third kappa shape index (κ3) is 3.35. The summed E-state index contributed by atoms with van der Waals surface area (Å²) in [5.41, 5.74) is 5.02. The number of amides is 1. The van der Waals surface area contributed by atoms with Gasteiger partial charge < -0.3 is 20.5 Å². The highest BCUT2D eigenvalue weighted by atomic mass is 16.6. The number of likely N-dealkylation sites (tertiary alicyclic amines) is 1. The Labute approximate surface area is 90.2 Å².